The summed E-state index contributed by atoms with van der Waals surface area (Å²) in [6.45, 7) is 1.91. The number of pyridine rings is 3. The third-order valence-electron chi connectivity index (χ3n) is 6.99. The number of piperidine rings is 1. The van der Waals surface area contributed by atoms with Gasteiger partial charge in [-0.1, -0.05) is 0 Å². The summed E-state index contributed by atoms with van der Waals surface area (Å²) in [5, 5.41) is 21.6. The normalized spacial score (nSPS) is 14.3. The quantitative estimate of drug-likeness (QED) is 0.246. The van der Waals surface area contributed by atoms with E-state index in [2.05, 4.69) is 30.5 Å². The fourth-order valence-electron chi connectivity index (χ4n) is 5.11. The van der Waals surface area contributed by atoms with Crippen LogP contribution in [-0.4, -0.2) is 54.4 Å². The minimum Gasteiger partial charge on any atom is -0.508 e. The number of rotatable bonds is 5. The molecule has 0 amide bonds. The molecule has 10 heteroatoms. The van der Waals surface area contributed by atoms with Crippen LogP contribution in [0.15, 0.2) is 67.1 Å². The summed E-state index contributed by atoms with van der Waals surface area (Å²) in [6.07, 6.45) is 7.27. The highest BCUT2D eigenvalue weighted by Gasteiger charge is 2.18. The lowest BCUT2D eigenvalue weighted by Gasteiger charge is -2.23. The molecular formula is C29H24FN7O2. The van der Waals surface area contributed by atoms with Gasteiger partial charge in [0.05, 0.1) is 23.1 Å². The number of hydrogen-bond acceptors (Lipinski definition) is 7. The van der Waals surface area contributed by atoms with E-state index in [0.29, 0.717) is 28.1 Å². The van der Waals surface area contributed by atoms with Gasteiger partial charge in [0.25, 0.3) is 0 Å². The van der Waals surface area contributed by atoms with E-state index in [-0.39, 0.29) is 11.9 Å². The van der Waals surface area contributed by atoms with Gasteiger partial charge in [-0.25, -0.2) is 14.4 Å². The number of aromatic nitrogens is 6. The number of phenolic OH excluding ortho intramolecular Hbond substituents is 1. The molecule has 1 aliphatic rings. The number of benzene rings is 1. The molecule has 1 aromatic carbocycles. The molecular weight excluding hydrogens is 497 g/mol. The van der Waals surface area contributed by atoms with Crippen molar-refractivity contribution < 1.29 is 14.2 Å². The highest BCUT2D eigenvalue weighted by Crippen LogP contribution is 2.35. The van der Waals surface area contributed by atoms with Crippen LogP contribution in [0.4, 0.5) is 4.39 Å². The predicted octanol–water partition coefficient (Wildman–Crippen LogP) is 5.21. The van der Waals surface area contributed by atoms with Crippen molar-refractivity contribution in [2.75, 3.05) is 13.1 Å². The minimum atomic E-state index is -0.513. The van der Waals surface area contributed by atoms with Crippen LogP contribution in [0.5, 0.6) is 11.5 Å². The van der Waals surface area contributed by atoms with Crippen LogP contribution in [0.2, 0.25) is 0 Å². The van der Waals surface area contributed by atoms with E-state index in [1.807, 2.05) is 24.3 Å². The molecule has 0 aliphatic carbocycles. The molecule has 0 spiro atoms. The molecule has 0 bridgehead atoms. The van der Waals surface area contributed by atoms with Crippen LogP contribution in [-0.2, 0) is 0 Å². The first-order valence-electron chi connectivity index (χ1n) is 12.8. The maximum Gasteiger partial charge on any atom is 0.138 e. The lowest BCUT2D eigenvalue weighted by molar-refractivity contribution is 0.162. The van der Waals surface area contributed by atoms with Gasteiger partial charge in [-0.05, 0) is 79.5 Å². The molecule has 7 rings (SSSR count). The van der Waals surface area contributed by atoms with E-state index >= 15 is 0 Å². The molecule has 6 aromatic rings. The number of aromatic amines is 2. The van der Waals surface area contributed by atoms with Crippen LogP contribution in [0, 0.1) is 5.82 Å². The molecule has 9 nitrogen and oxygen atoms in total. The summed E-state index contributed by atoms with van der Waals surface area (Å²) in [5.74, 6) is 0.0761. The van der Waals surface area contributed by atoms with Crippen LogP contribution >= 0.6 is 0 Å². The fourth-order valence-corrected chi connectivity index (χ4v) is 5.11. The number of nitrogens with zero attached hydrogens (tertiary/aromatic N) is 4. The first-order valence-corrected chi connectivity index (χ1v) is 12.8. The van der Waals surface area contributed by atoms with E-state index in [1.54, 1.807) is 24.7 Å². The van der Waals surface area contributed by atoms with Crippen molar-refractivity contribution in [1.82, 2.24) is 35.5 Å². The van der Waals surface area contributed by atoms with Gasteiger partial charge in [0.1, 0.15) is 40.3 Å². The summed E-state index contributed by atoms with van der Waals surface area (Å²) < 4.78 is 20.2. The number of hydrogen-bond donors (Lipinski definition) is 4. The summed E-state index contributed by atoms with van der Waals surface area (Å²) in [4.78, 5) is 17.1. The van der Waals surface area contributed by atoms with Crippen molar-refractivity contribution in [2.45, 2.75) is 18.9 Å². The molecule has 0 unspecified atom stereocenters. The van der Waals surface area contributed by atoms with Crippen LogP contribution in [0.3, 0.4) is 0 Å². The number of H-pyrrole nitrogens is 2. The summed E-state index contributed by atoms with van der Waals surface area (Å²) >= 11 is 0. The van der Waals surface area contributed by atoms with E-state index in [9.17, 15) is 9.50 Å². The van der Waals surface area contributed by atoms with Gasteiger partial charge in [0.15, 0.2) is 0 Å². The predicted molar refractivity (Wildman–Crippen MR) is 146 cm³/mol. The Kier molecular flexibility index (Phi) is 5.66. The standard InChI is InChI=1S/C29H24FN7O2/c30-18-9-16(10-19(38)12-18)22-5-8-33-29-23(22)13-26(35-29)28-27-25(36-37-28)2-1-24(34-27)17-11-21(15-32-14-17)39-20-3-6-31-7-4-20/h1-2,5,8-15,20,31,38H,3-4,6-7H2,(H,33,35)(H,36,37). The lowest BCUT2D eigenvalue weighted by atomic mass is 10.0. The lowest BCUT2D eigenvalue weighted by Crippen LogP contribution is -2.34. The maximum absolute atomic E-state index is 14.0. The molecule has 6 heterocycles. The molecule has 0 atom stereocenters. The fraction of sp³-hybridized carbons (Fsp3) is 0.172. The summed E-state index contributed by atoms with van der Waals surface area (Å²) in [7, 11) is 0. The number of ether oxygens (including phenoxy) is 1. The van der Waals surface area contributed by atoms with Crippen molar-refractivity contribution in [1.29, 1.82) is 0 Å². The number of halogens is 1. The Hall–Kier alpha value is -4.83. The minimum absolute atomic E-state index is 0.138. The Morgan fingerprint density at radius 2 is 1.87 bits per heavy atom. The smallest absolute Gasteiger partial charge is 0.138 e. The van der Waals surface area contributed by atoms with Gasteiger partial charge in [0, 0.05) is 29.4 Å². The SMILES string of the molecule is Oc1cc(F)cc(-c2ccnc3[nH]c(-c4n[nH]c5ccc(-c6cncc(OC7CCNCC7)c6)nc45)cc23)c1. The zero-order chi connectivity index (χ0) is 26.3. The first-order chi connectivity index (χ1) is 19.1. The molecule has 1 saturated heterocycles. The van der Waals surface area contributed by atoms with E-state index in [4.69, 9.17) is 9.72 Å². The third-order valence-corrected chi connectivity index (χ3v) is 6.99. The number of fused-ring (bicyclic) bond motifs is 2. The molecule has 1 fully saturated rings. The molecule has 5 aromatic heterocycles. The monoisotopic (exact) mass is 521 g/mol. The largest absolute Gasteiger partial charge is 0.508 e. The van der Waals surface area contributed by atoms with Crippen molar-refractivity contribution in [3.63, 3.8) is 0 Å². The van der Waals surface area contributed by atoms with E-state index in [1.165, 1.54) is 12.1 Å². The van der Waals surface area contributed by atoms with Crippen molar-refractivity contribution in [2.24, 2.45) is 0 Å². The Bertz CT molecular complexity index is 1800. The topological polar surface area (TPSA) is 125 Å². The van der Waals surface area contributed by atoms with Crippen molar-refractivity contribution >= 4 is 22.1 Å². The molecule has 39 heavy (non-hydrogen) atoms. The average molecular weight is 522 g/mol. The second-order valence-corrected chi connectivity index (χ2v) is 9.64. The molecule has 0 radical (unpaired) electrons. The van der Waals surface area contributed by atoms with Crippen LogP contribution < -0.4 is 10.1 Å². The van der Waals surface area contributed by atoms with Gasteiger partial charge >= 0.3 is 0 Å². The van der Waals surface area contributed by atoms with Crippen LogP contribution in [0.25, 0.3) is 55.8 Å². The molecule has 0 saturated carbocycles. The Labute approximate surface area is 222 Å². The van der Waals surface area contributed by atoms with Gasteiger partial charge in [-0.2, -0.15) is 5.10 Å². The number of nitrogens with one attached hydrogen (secondary N) is 3. The second-order valence-electron chi connectivity index (χ2n) is 9.64. The van der Waals surface area contributed by atoms with E-state index in [0.717, 1.165) is 65.5 Å². The molecule has 1 aliphatic heterocycles. The number of phenols is 1. The van der Waals surface area contributed by atoms with Gasteiger partial charge in [-0.3, -0.25) is 10.1 Å². The highest BCUT2D eigenvalue weighted by atomic mass is 19.1. The van der Waals surface area contributed by atoms with Crippen molar-refractivity contribution in [3.8, 4) is 45.3 Å². The van der Waals surface area contributed by atoms with Crippen LogP contribution in [0.1, 0.15) is 12.8 Å². The Balaban J connectivity index is 1.26. The molecule has 194 valence electrons. The Morgan fingerprint density at radius 1 is 0.974 bits per heavy atom. The second kappa shape index (κ2) is 9.48. The molecule has 4 N–H and O–H groups in total. The number of aromatic hydroxyl groups is 1. The average Bonchev–Trinajstić information content (AvgIpc) is 3.57. The zero-order valence-corrected chi connectivity index (χ0v) is 20.8. The highest BCUT2D eigenvalue weighted by molar-refractivity contribution is 5.99. The van der Waals surface area contributed by atoms with Gasteiger partial charge in [0.2, 0.25) is 0 Å². The summed E-state index contributed by atoms with van der Waals surface area (Å²) in [5.41, 5.74) is 6.32. The van der Waals surface area contributed by atoms with E-state index < -0.39 is 5.82 Å². The third kappa shape index (κ3) is 4.44. The maximum atomic E-state index is 14.0. The Morgan fingerprint density at radius 3 is 2.74 bits per heavy atom. The van der Waals surface area contributed by atoms with Gasteiger partial charge < -0.3 is 20.1 Å². The van der Waals surface area contributed by atoms with Crippen molar-refractivity contribution in [3.05, 3.63) is 72.9 Å². The first kappa shape index (κ1) is 23.3. The zero-order valence-electron chi connectivity index (χ0n) is 20.8. The van der Waals surface area contributed by atoms with Gasteiger partial charge in [-0.15, -0.1) is 0 Å². The summed E-state index contributed by atoms with van der Waals surface area (Å²) in [6, 6.07) is 13.5.